The van der Waals surface area contributed by atoms with Crippen molar-refractivity contribution in [1.82, 2.24) is 20.0 Å². The molecule has 0 bridgehead atoms. The summed E-state index contributed by atoms with van der Waals surface area (Å²) in [6.07, 6.45) is 7.68. The van der Waals surface area contributed by atoms with E-state index in [1.807, 2.05) is 19.0 Å². The monoisotopic (exact) mass is 562 g/mol. The van der Waals surface area contributed by atoms with Crippen LogP contribution in [0.15, 0.2) is 4.52 Å². The molecule has 4 heterocycles. The molecule has 1 spiro atoms. The lowest BCUT2D eigenvalue weighted by atomic mass is 9.63. The lowest BCUT2D eigenvalue weighted by Gasteiger charge is -2.39. The zero-order valence-corrected chi connectivity index (χ0v) is 24.5. The highest BCUT2D eigenvalue weighted by molar-refractivity contribution is 7.16. The molecule has 0 aromatic carbocycles. The van der Waals surface area contributed by atoms with Crippen molar-refractivity contribution in [3.05, 3.63) is 27.3 Å². The first-order valence-electron chi connectivity index (χ1n) is 14.1. The number of thiophene rings is 1. The van der Waals surface area contributed by atoms with Crippen LogP contribution in [0.2, 0.25) is 0 Å². The van der Waals surface area contributed by atoms with Gasteiger partial charge in [0.15, 0.2) is 28.9 Å². The van der Waals surface area contributed by atoms with E-state index in [0.717, 1.165) is 74.8 Å². The van der Waals surface area contributed by atoms with E-state index in [0.29, 0.717) is 45.4 Å². The van der Waals surface area contributed by atoms with Crippen LogP contribution in [0.25, 0.3) is 11.5 Å². The predicted octanol–water partition coefficient (Wildman–Crippen LogP) is 3.42. The van der Waals surface area contributed by atoms with E-state index in [1.165, 1.54) is 16.2 Å². The number of nitrogen functional groups attached to an aromatic ring is 2. The molecule has 3 aromatic heterocycles. The lowest BCUT2D eigenvalue weighted by molar-refractivity contribution is 0.265. The molecular weight excluding hydrogens is 524 g/mol. The molecule has 212 valence electrons. The van der Waals surface area contributed by atoms with Crippen molar-refractivity contribution in [2.24, 2.45) is 5.84 Å². The van der Waals surface area contributed by atoms with Crippen LogP contribution in [-0.2, 0) is 18.3 Å². The molecule has 3 aromatic rings. The van der Waals surface area contributed by atoms with Crippen LogP contribution in [0.4, 0.5) is 22.3 Å². The fraction of sp³-hybridized carbons (Fsp3) is 0.571. The summed E-state index contributed by atoms with van der Waals surface area (Å²) in [6, 6.07) is 2.68. The summed E-state index contributed by atoms with van der Waals surface area (Å²) in [5.74, 6) is 9.08. The van der Waals surface area contributed by atoms with Crippen molar-refractivity contribution in [3.63, 3.8) is 0 Å². The molecule has 6 N–H and O–H groups in total. The molecular formula is C28H38N10OS. The van der Waals surface area contributed by atoms with Crippen molar-refractivity contribution < 1.29 is 4.52 Å². The van der Waals surface area contributed by atoms with Gasteiger partial charge in [-0.2, -0.15) is 5.26 Å². The fourth-order valence-corrected chi connectivity index (χ4v) is 8.39. The maximum Gasteiger partial charge on any atom is 0.186 e. The number of hydrogen-bond donors (Lipinski definition) is 3. The van der Waals surface area contributed by atoms with Gasteiger partial charge in [-0.25, -0.2) is 15.8 Å². The van der Waals surface area contributed by atoms with Crippen molar-refractivity contribution in [2.45, 2.75) is 75.8 Å². The summed E-state index contributed by atoms with van der Waals surface area (Å²) in [5.41, 5.74) is 16.2. The average molecular weight is 563 g/mol. The Balaban J connectivity index is 1.47. The number of aromatic nitrogens is 3. The lowest BCUT2D eigenvalue weighted by Crippen LogP contribution is -2.50. The van der Waals surface area contributed by atoms with Crippen molar-refractivity contribution in [2.75, 3.05) is 49.1 Å². The third kappa shape index (κ3) is 3.94. The van der Waals surface area contributed by atoms with Crippen molar-refractivity contribution in [1.29, 1.82) is 5.26 Å². The molecule has 1 saturated heterocycles. The topological polar surface area (TPSA) is 163 Å². The highest BCUT2D eigenvalue weighted by Crippen LogP contribution is 2.55. The van der Waals surface area contributed by atoms with Gasteiger partial charge in [0.2, 0.25) is 0 Å². The summed E-state index contributed by atoms with van der Waals surface area (Å²) >= 11 is 1.54. The number of likely N-dealkylation sites (tertiary alicyclic amines) is 1. The minimum Gasteiger partial charge on any atom is -0.393 e. The second-order valence-electron chi connectivity index (χ2n) is 11.7. The summed E-state index contributed by atoms with van der Waals surface area (Å²) < 4.78 is 6.20. The largest absolute Gasteiger partial charge is 0.393 e. The smallest absolute Gasteiger partial charge is 0.186 e. The molecule has 6 rings (SSSR count). The minimum absolute atomic E-state index is 0.00355. The van der Waals surface area contributed by atoms with Crippen LogP contribution < -0.4 is 27.2 Å². The van der Waals surface area contributed by atoms with Crippen LogP contribution >= 0.6 is 11.3 Å². The Morgan fingerprint density at radius 3 is 2.55 bits per heavy atom. The number of anilines is 4. The molecule has 3 aliphatic rings. The number of fused-ring (bicyclic) bond motifs is 4. The van der Waals surface area contributed by atoms with Crippen LogP contribution in [0.1, 0.15) is 72.8 Å². The molecule has 1 fully saturated rings. The number of nitrogens with two attached hydrogens (primary N) is 3. The number of hydrogen-bond acceptors (Lipinski definition) is 12. The Morgan fingerprint density at radius 1 is 1.15 bits per heavy atom. The summed E-state index contributed by atoms with van der Waals surface area (Å²) in [5, 5.41) is 16.9. The Morgan fingerprint density at radius 2 is 1.88 bits per heavy atom. The molecule has 0 saturated carbocycles. The van der Waals surface area contributed by atoms with Gasteiger partial charge in [-0.1, -0.05) is 5.16 Å². The number of rotatable bonds is 5. The Hall–Kier alpha value is -3.40. The van der Waals surface area contributed by atoms with E-state index in [1.54, 1.807) is 5.01 Å². The molecule has 2 aliphatic carbocycles. The quantitative estimate of drug-likeness (QED) is 0.308. The zero-order chi connectivity index (χ0) is 28.3. The maximum absolute atomic E-state index is 10.0. The van der Waals surface area contributed by atoms with Crippen LogP contribution in [0.3, 0.4) is 0 Å². The molecule has 0 radical (unpaired) electrons. The van der Waals surface area contributed by atoms with Gasteiger partial charge in [0.1, 0.15) is 16.8 Å². The van der Waals surface area contributed by atoms with E-state index >= 15 is 0 Å². The van der Waals surface area contributed by atoms with Gasteiger partial charge >= 0.3 is 0 Å². The number of aryl methyl sites for hydroxylation is 1. The first-order chi connectivity index (χ1) is 19.2. The normalized spacial score (nSPS) is 23.1. The zero-order valence-electron chi connectivity index (χ0n) is 23.7. The fourth-order valence-electron chi connectivity index (χ4n) is 7.23. The van der Waals surface area contributed by atoms with E-state index in [4.69, 9.17) is 31.8 Å². The first kappa shape index (κ1) is 26.8. The summed E-state index contributed by atoms with van der Waals surface area (Å²) in [7, 11) is 5.94. The van der Waals surface area contributed by atoms with E-state index in [2.05, 4.69) is 30.1 Å². The van der Waals surface area contributed by atoms with Gasteiger partial charge in [-0.05, 0) is 77.4 Å². The van der Waals surface area contributed by atoms with Crippen LogP contribution in [-0.4, -0.2) is 59.8 Å². The van der Waals surface area contributed by atoms with Gasteiger partial charge in [0.25, 0.3) is 0 Å². The minimum atomic E-state index is -0.409. The van der Waals surface area contributed by atoms with E-state index < -0.39 is 5.41 Å². The Kier molecular flexibility index (Phi) is 6.64. The Labute approximate surface area is 238 Å². The molecule has 1 aliphatic heterocycles. The van der Waals surface area contributed by atoms with Gasteiger partial charge in [-0.3, -0.25) is 5.01 Å². The second-order valence-corrected chi connectivity index (χ2v) is 12.9. The van der Waals surface area contributed by atoms with Crippen LogP contribution in [0.5, 0.6) is 0 Å². The molecule has 3 unspecified atom stereocenters. The van der Waals surface area contributed by atoms with Crippen molar-refractivity contribution >= 4 is 33.7 Å². The average Bonchev–Trinajstić information content (AvgIpc) is 3.65. The van der Waals surface area contributed by atoms with Gasteiger partial charge in [-0.15, -0.1) is 11.3 Å². The van der Waals surface area contributed by atoms with Gasteiger partial charge in [0, 0.05) is 30.6 Å². The molecule has 3 atom stereocenters. The second kappa shape index (κ2) is 9.90. The van der Waals surface area contributed by atoms with E-state index in [9.17, 15) is 5.26 Å². The molecule has 12 heteroatoms. The first-order valence-corrected chi connectivity index (χ1v) is 14.9. The summed E-state index contributed by atoms with van der Waals surface area (Å²) in [4.78, 5) is 15.2. The van der Waals surface area contributed by atoms with Crippen LogP contribution in [0, 0.1) is 11.3 Å². The predicted molar refractivity (Wildman–Crippen MR) is 158 cm³/mol. The standard InChI is InChI=1S/C28H38N10OS/c1-15(18-9-7-13-37(18)4)38(32)27-21(30)26(36(2)3)33-25(34-27)22-16-8-5-11-28(23(16)39-35-22)12-6-10-19-20(28)17(14-29)24(31)40-19/h15,18H,5-13,30-32H2,1-4H3. The molecule has 0 amide bonds. The van der Waals surface area contributed by atoms with E-state index in [-0.39, 0.29) is 6.04 Å². The SMILES string of the molecule is CC(C1CCCN1C)N(N)c1nc(-c2noc3c2CCCC32CCCc3sc(N)c(C#N)c32)nc(N(C)C)c1N. The molecule has 11 nitrogen and oxygen atoms in total. The van der Waals surface area contributed by atoms with Crippen molar-refractivity contribution in [3.8, 4) is 17.6 Å². The molecule has 40 heavy (non-hydrogen) atoms. The number of nitriles is 1. The van der Waals surface area contributed by atoms with Gasteiger partial charge in [0.05, 0.1) is 17.0 Å². The summed E-state index contributed by atoms with van der Waals surface area (Å²) in [6.45, 7) is 3.17. The highest BCUT2D eigenvalue weighted by Gasteiger charge is 2.49. The number of likely N-dealkylation sites (N-methyl/N-ethyl adjacent to an activating group) is 1. The van der Waals surface area contributed by atoms with Gasteiger partial charge < -0.3 is 25.8 Å². The number of nitrogens with zero attached hydrogens (tertiary/aromatic N) is 7. The third-order valence-electron chi connectivity index (χ3n) is 9.22. The third-order valence-corrected chi connectivity index (χ3v) is 10.3. The maximum atomic E-state index is 10.0. The Bertz CT molecular complexity index is 1480. The number of hydrazine groups is 1. The highest BCUT2D eigenvalue weighted by atomic mass is 32.1.